The summed E-state index contributed by atoms with van der Waals surface area (Å²) >= 11 is 5.83. The lowest BCUT2D eigenvalue weighted by Gasteiger charge is -2.21. The van der Waals surface area contributed by atoms with Gasteiger partial charge in [-0.3, -0.25) is 14.3 Å². The van der Waals surface area contributed by atoms with Gasteiger partial charge in [0.25, 0.3) is 0 Å². The molecule has 0 saturated heterocycles. The number of carbonyl (C=O) groups excluding carboxylic acids is 1. The van der Waals surface area contributed by atoms with Crippen LogP contribution in [0.1, 0.15) is 17.5 Å². The van der Waals surface area contributed by atoms with Crippen LogP contribution in [-0.2, 0) is 29.6 Å². The molecule has 1 heterocycles. The fraction of sp³-hybridized carbons (Fsp3) is 0.312. The number of rotatable bonds is 7. The average molecular weight is 336 g/mol. The summed E-state index contributed by atoms with van der Waals surface area (Å²) in [5.74, 6) is -1.24. The highest BCUT2D eigenvalue weighted by Crippen LogP contribution is 2.13. The van der Waals surface area contributed by atoms with Crippen molar-refractivity contribution in [2.75, 3.05) is 6.54 Å². The van der Waals surface area contributed by atoms with Gasteiger partial charge in [0.1, 0.15) is 6.54 Å². The van der Waals surface area contributed by atoms with E-state index in [2.05, 4.69) is 5.10 Å². The molecule has 1 N–H and O–H groups in total. The number of amides is 1. The van der Waals surface area contributed by atoms with Crippen LogP contribution >= 0.6 is 11.6 Å². The van der Waals surface area contributed by atoms with Gasteiger partial charge in [0, 0.05) is 31.2 Å². The van der Waals surface area contributed by atoms with Gasteiger partial charge < -0.3 is 10.0 Å². The Morgan fingerprint density at radius 1 is 1.26 bits per heavy atom. The summed E-state index contributed by atoms with van der Waals surface area (Å²) in [5, 5.41) is 13.7. The summed E-state index contributed by atoms with van der Waals surface area (Å²) < 4.78 is 1.67. The molecule has 2 rings (SSSR count). The van der Waals surface area contributed by atoms with Crippen LogP contribution in [0.25, 0.3) is 0 Å². The van der Waals surface area contributed by atoms with Crippen molar-refractivity contribution in [2.24, 2.45) is 7.05 Å². The van der Waals surface area contributed by atoms with E-state index in [1.54, 1.807) is 35.1 Å². The molecule has 0 aliphatic carbocycles. The lowest BCUT2D eigenvalue weighted by atomic mass is 10.1. The van der Waals surface area contributed by atoms with Crippen molar-refractivity contribution in [1.29, 1.82) is 0 Å². The fourth-order valence-electron chi connectivity index (χ4n) is 2.22. The normalized spacial score (nSPS) is 10.5. The molecule has 0 atom stereocenters. The van der Waals surface area contributed by atoms with Gasteiger partial charge >= 0.3 is 5.97 Å². The molecule has 0 unspecified atom stereocenters. The van der Waals surface area contributed by atoms with Crippen LogP contribution in [-0.4, -0.2) is 38.2 Å². The molecule has 0 saturated carbocycles. The van der Waals surface area contributed by atoms with Crippen molar-refractivity contribution in [3.63, 3.8) is 0 Å². The summed E-state index contributed by atoms with van der Waals surface area (Å²) in [6.45, 7) is -0.0795. The van der Waals surface area contributed by atoms with E-state index in [-0.39, 0.29) is 25.4 Å². The van der Waals surface area contributed by atoms with Gasteiger partial charge in [-0.25, -0.2) is 0 Å². The Hall–Kier alpha value is -2.34. The molecule has 0 spiro atoms. The van der Waals surface area contributed by atoms with E-state index in [0.29, 0.717) is 11.4 Å². The zero-order valence-electron chi connectivity index (χ0n) is 12.8. The first-order valence-corrected chi connectivity index (χ1v) is 7.53. The molecule has 0 radical (unpaired) electrons. The minimum Gasteiger partial charge on any atom is -0.480 e. The van der Waals surface area contributed by atoms with Gasteiger partial charge in [0.2, 0.25) is 5.91 Å². The molecule has 0 fully saturated rings. The highest BCUT2D eigenvalue weighted by atomic mass is 35.5. The molecule has 23 heavy (non-hydrogen) atoms. The SMILES string of the molecule is Cn1cc(CCC(=O)N(CC(=O)O)Cc2ccc(Cl)cc2)cn1. The molecule has 2 aromatic rings. The second-order valence-corrected chi connectivity index (χ2v) is 5.73. The number of carboxylic acids is 1. The van der Waals surface area contributed by atoms with E-state index in [9.17, 15) is 9.59 Å². The number of carboxylic acid groups (broad SMARTS) is 1. The average Bonchev–Trinajstić information content (AvgIpc) is 2.91. The van der Waals surface area contributed by atoms with E-state index in [4.69, 9.17) is 16.7 Å². The maximum Gasteiger partial charge on any atom is 0.323 e. The Kier molecular flexibility index (Phi) is 5.76. The number of halogens is 1. The number of aryl methyl sites for hydroxylation is 2. The highest BCUT2D eigenvalue weighted by molar-refractivity contribution is 6.30. The molecule has 7 heteroatoms. The molecule has 122 valence electrons. The number of hydrogen-bond donors (Lipinski definition) is 1. The first kappa shape index (κ1) is 17.0. The number of benzene rings is 1. The zero-order valence-corrected chi connectivity index (χ0v) is 13.5. The van der Waals surface area contributed by atoms with Crippen LogP contribution in [0.4, 0.5) is 0 Å². The maximum atomic E-state index is 12.3. The first-order valence-electron chi connectivity index (χ1n) is 7.15. The smallest absolute Gasteiger partial charge is 0.323 e. The lowest BCUT2D eigenvalue weighted by molar-refractivity contribution is -0.144. The third-order valence-electron chi connectivity index (χ3n) is 3.35. The molecule has 6 nitrogen and oxygen atoms in total. The number of carbonyl (C=O) groups is 2. The van der Waals surface area contributed by atoms with E-state index >= 15 is 0 Å². The van der Waals surface area contributed by atoms with Crippen molar-refractivity contribution in [3.05, 3.63) is 52.8 Å². The van der Waals surface area contributed by atoms with E-state index in [0.717, 1.165) is 11.1 Å². The zero-order chi connectivity index (χ0) is 16.8. The van der Waals surface area contributed by atoms with Gasteiger partial charge in [-0.1, -0.05) is 23.7 Å². The minimum atomic E-state index is -1.03. The lowest BCUT2D eigenvalue weighted by Crippen LogP contribution is -2.35. The van der Waals surface area contributed by atoms with Crippen molar-refractivity contribution in [1.82, 2.24) is 14.7 Å². The Labute approximate surface area is 139 Å². The predicted octanol–water partition coefficient (Wildman–Crippen LogP) is 2.12. The van der Waals surface area contributed by atoms with Crippen LogP contribution in [0.5, 0.6) is 0 Å². The predicted molar refractivity (Wildman–Crippen MR) is 86.0 cm³/mol. The van der Waals surface area contributed by atoms with Crippen LogP contribution < -0.4 is 0 Å². The number of aliphatic carboxylic acids is 1. The van der Waals surface area contributed by atoms with E-state index in [1.165, 1.54) is 4.90 Å². The van der Waals surface area contributed by atoms with Gasteiger partial charge in [0.15, 0.2) is 0 Å². The topological polar surface area (TPSA) is 75.4 Å². The summed E-state index contributed by atoms with van der Waals surface area (Å²) in [6, 6.07) is 7.00. The molecular formula is C16H18ClN3O3. The van der Waals surface area contributed by atoms with Gasteiger partial charge in [-0.05, 0) is 29.7 Å². The Morgan fingerprint density at radius 3 is 2.52 bits per heavy atom. The van der Waals surface area contributed by atoms with E-state index in [1.807, 2.05) is 13.2 Å². The third kappa shape index (κ3) is 5.41. The van der Waals surface area contributed by atoms with Crippen LogP contribution in [0, 0.1) is 0 Å². The van der Waals surface area contributed by atoms with E-state index < -0.39 is 5.97 Å². The second kappa shape index (κ2) is 7.78. The number of aromatic nitrogens is 2. The first-order chi connectivity index (χ1) is 10.9. The van der Waals surface area contributed by atoms with Crippen molar-refractivity contribution in [3.8, 4) is 0 Å². The molecular weight excluding hydrogens is 318 g/mol. The van der Waals surface area contributed by atoms with Crippen LogP contribution in [0.3, 0.4) is 0 Å². The van der Waals surface area contributed by atoms with Crippen molar-refractivity contribution in [2.45, 2.75) is 19.4 Å². The Balaban J connectivity index is 1.99. The number of nitrogens with zero attached hydrogens (tertiary/aromatic N) is 3. The second-order valence-electron chi connectivity index (χ2n) is 5.29. The number of hydrogen-bond acceptors (Lipinski definition) is 3. The highest BCUT2D eigenvalue weighted by Gasteiger charge is 2.17. The largest absolute Gasteiger partial charge is 0.480 e. The van der Waals surface area contributed by atoms with Gasteiger partial charge in [-0.15, -0.1) is 0 Å². The Bertz CT molecular complexity index is 682. The fourth-order valence-corrected chi connectivity index (χ4v) is 2.34. The molecule has 0 bridgehead atoms. The van der Waals surface area contributed by atoms with Gasteiger partial charge in [-0.2, -0.15) is 5.10 Å². The van der Waals surface area contributed by atoms with Crippen molar-refractivity contribution < 1.29 is 14.7 Å². The molecule has 1 amide bonds. The summed E-state index contributed by atoms with van der Waals surface area (Å²) in [5.41, 5.74) is 1.79. The van der Waals surface area contributed by atoms with Gasteiger partial charge in [0.05, 0.1) is 6.20 Å². The van der Waals surface area contributed by atoms with Crippen LogP contribution in [0.15, 0.2) is 36.7 Å². The quantitative estimate of drug-likeness (QED) is 0.841. The summed E-state index contributed by atoms with van der Waals surface area (Å²) in [4.78, 5) is 24.7. The monoisotopic (exact) mass is 335 g/mol. The van der Waals surface area contributed by atoms with Crippen molar-refractivity contribution >= 4 is 23.5 Å². The summed E-state index contributed by atoms with van der Waals surface area (Å²) in [6.07, 6.45) is 4.32. The van der Waals surface area contributed by atoms with Crippen LogP contribution in [0.2, 0.25) is 5.02 Å². The molecule has 0 aliphatic heterocycles. The standard InChI is InChI=1S/C16H18ClN3O3/c1-19-9-13(8-18-19)4-7-15(21)20(11-16(22)23)10-12-2-5-14(17)6-3-12/h2-3,5-6,8-9H,4,7,10-11H2,1H3,(H,22,23). The maximum absolute atomic E-state index is 12.3. The minimum absolute atomic E-state index is 0.203. The Morgan fingerprint density at radius 2 is 1.96 bits per heavy atom. The third-order valence-corrected chi connectivity index (χ3v) is 3.60. The molecule has 0 aliphatic rings. The molecule has 1 aromatic heterocycles. The molecule has 1 aromatic carbocycles. The summed E-state index contributed by atoms with van der Waals surface area (Å²) in [7, 11) is 1.81.